The van der Waals surface area contributed by atoms with E-state index in [9.17, 15) is 14.4 Å². The van der Waals surface area contributed by atoms with Gasteiger partial charge in [-0.05, 0) is 30.9 Å². The summed E-state index contributed by atoms with van der Waals surface area (Å²) < 4.78 is 4.82. The number of nitrogens with zero attached hydrogens (tertiary/aromatic N) is 2. The number of hydrogen-bond acceptors (Lipinski definition) is 6. The Kier molecular flexibility index (Phi) is 9.45. The second kappa shape index (κ2) is 11.8. The van der Waals surface area contributed by atoms with E-state index in [1.807, 2.05) is 50.8 Å². The van der Waals surface area contributed by atoms with E-state index < -0.39 is 12.0 Å². The molecule has 0 aliphatic carbocycles. The van der Waals surface area contributed by atoms with Gasteiger partial charge in [-0.15, -0.1) is 0 Å². The lowest BCUT2D eigenvalue weighted by molar-refractivity contribution is -0.146. The van der Waals surface area contributed by atoms with Gasteiger partial charge in [0.15, 0.2) is 0 Å². The van der Waals surface area contributed by atoms with Gasteiger partial charge >= 0.3 is 5.97 Å². The molecule has 0 bridgehead atoms. The largest absolute Gasteiger partial charge is 0.467 e. The van der Waals surface area contributed by atoms with Crippen molar-refractivity contribution in [2.75, 3.05) is 51.7 Å². The van der Waals surface area contributed by atoms with Crippen molar-refractivity contribution in [1.82, 2.24) is 15.1 Å². The second-order valence-corrected chi connectivity index (χ2v) is 8.32. The smallest absolute Gasteiger partial charge is 0.328 e. The van der Waals surface area contributed by atoms with Crippen molar-refractivity contribution in [2.45, 2.75) is 40.2 Å². The average molecular weight is 433 g/mol. The third-order valence-electron chi connectivity index (χ3n) is 5.93. The van der Waals surface area contributed by atoms with Gasteiger partial charge in [0, 0.05) is 31.9 Å². The molecular formula is C23H36N4O4. The average Bonchev–Trinajstić information content (AvgIpc) is 2.75. The zero-order valence-electron chi connectivity index (χ0n) is 19.4. The quantitative estimate of drug-likeness (QED) is 0.576. The molecule has 0 saturated carbocycles. The first-order valence-electron chi connectivity index (χ1n) is 10.9. The number of esters is 1. The van der Waals surface area contributed by atoms with Crippen LogP contribution in [0.1, 0.15) is 31.4 Å². The Morgan fingerprint density at radius 2 is 1.52 bits per heavy atom. The van der Waals surface area contributed by atoms with E-state index in [1.54, 1.807) is 0 Å². The molecule has 1 fully saturated rings. The second-order valence-electron chi connectivity index (χ2n) is 8.32. The van der Waals surface area contributed by atoms with Gasteiger partial charge < -0.3 is 15.4 Å². The Hall–Kier alpha value is -2.45. The Balaban J connectivity index is 1.78. The molecule has 0 unspecified atom stereocenters. The van der Waals surface area contributed by atoms with Gasteiger partial charge in [0.2, 0.25) is 11.8 Å². The number of hydrogen-bond donors (Lipinski definition) is 2. The molecule has 8 nitrogen and oxygen atoms in total. The topological polar surface area (TPSA) is 91.0 Å². The summed E-state index contributed by atoms with van der Waals surface area (Å²) in [5.41, 5.74) is 2.97. The van der Waals surface area contributed by atoms with Crippen molar-refractivity contribution < 1.29 is 19.1 Å². The molecule has 1 aliphatic rings. The maximum absolute atomic E-state index is 12.5. The van der Waals surface area contributed by atoms with Crippen molar-refractivity contribution in [3.63, 3.8) is 0 Å². The predicted octanol–water partition coefficient (Wildman–Crippen LogP) is 1.56. The maximum Gasteiger partial charge on any atom is 0.328 e. The molecule has 2 rings (SSSR count). The highest BCUT2D eigenvalue weighted by atomic mass is 16.5. The Morgan fingerprint density at radius 1 is 1.00 bits per heavy atom. The number of piperazine rings is 1. The van der Waals surface area contributed by atoms with E-state index in [0.29, 0.717) is 32.7 Å². The lowest BCUT2D eigenvalue weighted by Gasteiger charge is -2.34. The molecule has 1 aromatic rings. The number of rotatable bonds is 9. The minimum absolute atomic E-state index is 0.00338. The van der Waals surface area contributed by atoms with Crippen molar-refractivity contribution in [1.29, 1.82) is 0 Å². The van der Waals surface area contributed by atoms with E-state index in [1.165, 1.54) is 7.11 Å². The van der Waals surface area contributed by atoms with Crippen molar-refractivity contribution in [2.24, 2.45) is 5.92 Å². The summed E-state index contributed by atoms with van der Waals surface area (Å²) in [6, 6.07) is 5.32. The van der Waals surface area contributed by atoms with Gasteiger partial charge in [-0.2, -0.15) is 0 Å². The molecule has 1 aliphatic heterocycles. The van der Waals surface area contributed by atoms with Gasteiger partial charge in [-0.3, -0.25) is 19.4 Å². The van der Waals surface area contributed by atoms with E-state index in [0.717, 1.165) is 23.2 Å². The summed E-state index contributed by atoms with van der Waals surface area (Å²) in [6.45, 7) is 11.2. The number of carbonyl (C=O) groups excluding carboxylic acids is 3. The normalized spacial score (nSPS) is 16.9. The molecule has 2 amide bonds. The van der Waals surface area contributed by atoms with Crippen molar-refractivity contribution in [3.05, 3.63) is 29.3 Å². The number of ether oxygens (including phenoxy) is 1. The fraction of sp³-hybridized carbons (Fsp3) is 0.609. The summed E-state index contributed by atoms with van der Waals surface area (Å²) in [7, 11) is 1.33. The SMILES string of the molecule is CC[C@H](C)[C@@H](NC(=O)CN1CCN(CC(=O)Nc2c(C)cccc2C)CC1)C(=O)OC. The Morgan fingerprint density at radius 3 is 2.00 bits per heavy atom. The molecule has 2 atom stereocenters. The summed E-state index contributed by atoms with van der Waals surface area (Å²) in [6.07, 6.45) is 0.767. The van der Waals surface area contributed by atoms with Crippen LogP contribution in [-0.2, 0) is 19.1 Å². The highest BCUT2D eigenvalue weighted by molar-refractivity contribution is 5.93. The summed E-state index contributed by atoms with van der Waals surface area (Å²) in [5, 5.41) is 5.83. The number of para-hydroxylation sites is 1. The minimum atomic E-state index is -0.627. The molecule has 172 valence electrons. The van der Waals surface area contributed by atoms with E-state index in [2.05, 4.69) is 15.5 Å². The summed E-state index contributed by atoms with van der Waals surface area (Å²) in [4.78, 5) is 41.0. The summed E-state index contributed by atoms with van der Waals surface area (Å²) in [5.74, 6) is -0.624. The molecule has 1 saturated heterocycles. The van der Waals surface area contributed by atoms with Gasteiger partial charge in [-0.1, -0.05) is 38.5 Å². The van der Waals surface area contributed by atoms with Crippen molar-refractivity contribution in [3.8, 4) is 0 Å². The van der Waals surface area contributed by atoms with E-state index in [-0.39, 0.29) is 24.3 Å². The molecule has 31 heavy (non-hydrogen) atoms. The fourth-order valence-electron chi connectivity index (χ4n) is 3.72. The van der Waals surface area contributed by atoms with Crippen LogP contribution >= 0.6 is 0 Å². The number of anilines is 1. The van der Waals surface area contributed by atoms with Crippen LogP contribution in [0, 0.1) is 19.8 Å². The highest BCUT2D eigenvalue weighted by Gasteiger charge is 2.28. The number of benzene rings is 1. The van der Waals surface area contributed by atoms with Crippen LogP contribution in [0.2, 0.25) is 0 Å². The van der Waals surface area contributed by atoms with Crippen molar-refractivity contribution >= 4 is 23.5 Å². The maximum atomic E-state index is 12.5. The number of amides is 2. The molecule has 1 aromatic carbocycles. The lowest BCUT2D eigenvalue weighted by atomic mass is 9.99. The molecule has 2 N–H and O–H groups in total. The number of nitrogens with one attached hydrogen (secondary N) is 2. The van der Waals surface area contributed by atoms with Gasteiger partial charge in [0.1, 0.15) is 6.04 Å². The lowest BCUT2D eigenvalue weighted by Crippen LogP contribution is -2.53. The van der Waals surface area contributed by atoms with Crippen LogP contribution in [0.15, 0.2) is 18.2 Å². The monoisotopic (exact) mass is 432 g/mol. The third-order valence-corrected chi connectivity index (χ3v) is 5.93. The zero-order chi connectivity index (χ0) is 23.0. The summed E-state index contributed by atoms with van der Waals surface area (Å²) >= 11 is 0. The van der Waals surface area contributed by atoms with Gasteiger partial charge in [0.05, 0.1) is 20.2 Å². The van der Waals surface area contributed by atoms with E-state index >= 15 is 0 Å². The fourth-order valence-corrected chi connectivity index (χ4v) is 3.72. The van der Waals surface area contributed by atoms with E-state index in [4.69, 9.17) is 4.74 Å². The van der Waals surface area contributed by atoms with Crippen LogP contribution in [0.3, 0.4) is 0 Å². The minimum Gasteiger partial charge on any atom is -0.467 e. The van der Waals surface area contributed by atoms with Gasteiger partial charge in [-0.25, -0.2) is 4.79 Å². The standard InChI is InChI=1S/C23H36N4O4/c1-6-16(2)22(23(30)31-5)25-20(29)15-27-12-10-26(11-13-27)14-19(28)24-21-17(3)8-7-9-18(21)4/h7-9,16,22H,6,10-15H2,1-5H3,(H,24,28)(H,25,29)/t16-,22+/m0/s1. The Bertz CT molecular complexity index is 755. The highest BCUT2D eigenvalue weighted by Crippen LogP contribution is 2.19. The van der Waals surface area contributed by atoms with Gasteiger partial charge in [0.25, 0.3) is 0 Å². The van der Waals surface area contributed by atoms with Crippen LogP contribution in [0.25, 0.3) is 0 Å². The first kappa shape index (κ1) is 24.8. The molecule has 0 radical (unpaired) electrons. The molecule has 0 aromatic heterocycles. The number of aryl methyl sites for hydroxylation is 2. The molecule has 8 heteroatoms. The van der Waals surface area contributed by atoms with Crippen LogP contribution in [0.5, 0.6) is 0 Å². The van der Waals surface area contributed by atoms with Crippen LogP contribution in [-0.4, -0.2) is 80.0 Å². The molecule has 1 heterocycles. The third kappa shape index (κ3) is 7.33. The van der Waals surface area contributed by atoms with Crippen LogP contribution in [0.4, 0.5) is 5.69 Å². The molecule has 0 spiro atoms. The predicted molar refractivity (Wildman–Crippen MR) is 121 cm³/mol. The number of methoxy groups -OCH3 is 1. The zero-order valence-corrected chi connectivity index (χ0v) is 19.4. The first-order chi connectivity index (χ1) is 14.7. The first-order valence-corrected chi connectivity index (χ1v) is 10.9. The number of carbonyl (C=O) groups is 3. The van der Waals surface area contributed by atoms with Crippen LogP contribution < -0.4 is 10.6 Å². The molecular weight excluding hydrogens is 396 g/mol. The Labute approximate surface area is 185 Å².